The molecule has 1 atom stereocenters. The first-order chi connectivity index (χ1) is 9.68. The first kappa shape index (κ1) is 15.2. The lowest BCUT2D eigenvalue weighted by Crippen LogP contribution is -2.39. The van der Waals surface area contributed by atoms with Gasteiger partial charge in [-0.15, -0.1) is 0 Å². The molecule has 110 valence electrons. The van der Waals surface area contributed by atoms with Gasteiger partial charge in [-0.3, -0.25) is 4.79 Å². The van der Waals surface area contributed by atoms with Gasteiger partial charge in [0.1, 0.15) is 4.64 Å². The molecule has 2 rings (SSSR count). The van der Waals surface area contributed by atoms with Crippen molar-refractivity contribution in [2.75, 3.05) is 19.6 Å². The van der Waals surface area contributed by atoms with E-state index in [4.69, 9.17) is 12.2 Å². The molecule has 1 aromatic rings. The molecule has 0 aliphatic carbocycles. The number of piperidine rings is 1. The zero-order valence-corrected chi connectivity index (χ0v) is 12.8. The van der Waals surface area contributed by atoms with Crippen molar-refractivity contribution in [1.29, 1.82) is 0 Å². The highest BCUT2D eigenvalue weighted by molar-refractivity contribution is 7.71. The molecule has 0 spiro atoms. The zero-order chi connectivity index (χ0) is 14.4. The molecule has 2 heterocycles. The van der Waals surface area contributed by atoms with E-state index in [-0.39, 0.29) is 5.91 Å². The quantitative estimate of drug-likeness (QED) is 0.648. The molecule has 1 aliphatic rings. The van der Waals surface area contributed by atoms with Gasteiger partial charge in [-0.1, -0.05) is 18.6 Å². The van der Waals surface area contributed by atoms with Crippen molar-refractivity contribution >= 4 is 18.1 Å². The predicted octanol–water partition coefficient (Wildman–Crippen LogP) is 2.74. The number of hydrogen-bond acceptors (Lipinski definition) is 3. The molecule has 0 saturated carbocycles. The van der Waals surface area contributed by atoms with Gasteiger partial charge in [-0.2, -0.15) is 0 Å². The van der Waals surface area contributed by atoms with E-state index in [0.29, 0.717) is 22.8 Å². The number of amides is 1. The maximum atomic E-state index is 12.0. The van der Waals surface area contributed by atoms with Crippen molar-refractivity contribution in [1.82, 2.24) is 15.2 Å². The largest absolute Gasteiger partial charge is 0.352 e. The molecule has 0 radical (unpaired) electrons. The zero-order valence-electron chi connectivity index (χ0n) is 12.0. The van der Waals surface area contributed by atoms with Gasteiger partial charge in [-0.05, 0) is 44.9 Å². The number of hydrogen-bond donors (Lipinski definition) is 2. The molecule has 5 heteroatoms. The maximum Gasteiger partial charge on any atom is 0.254 e. The second kappa shape index (κ2) is 7.55. The third-order valence-electron chi connectivity index (χ3n) is 3.91. The molecule has 4 nitrogen and oxygen atoms in total. The number of rotatable bonds is 5. The third-order valence-corrected chi connectivity index (χ3v) is 4.25. The van der Waals surface area contributed by atoms with Gasteiger partial charge in [0.05, 0.1) is 5.56 Å². The number of nitrogens with one attached hydrogen (secondary N) is 2. The average molecular weight is 293 g/mol. The van der Waals surface area contributed by atoms with Gasteiger partial charge in [0, 0.05) is 25.3 Å². The van der Waals surface area contributed by atoms with Crippen molar-refractivity contribution in [3.8, 4) is 0 Å². The van der Waals surface area contributed by atoms with Gasteiger partial charge < -0.3 is 15.2 Å². The van der Waals surface area contributed by atoms with E-state index >= 15 is 0 Å². The molecule has 1 unspecified atom stereocenters. The standard InChI is InChI=1S/C15H23N3OS/c1-12-6-2-3-10-18(12)11-5-9-16-14(19)13-7-4-8-17-15(13)20/h4,7-8,12H,2-3,5-6,9-11H2,1H3,(H,16,19)(H,17,20). The number of nitrogens with zero attached hydrogens (tertiary/aromatic N) is 1. The van der Waals surface area contributed by atoms with Crippen molar-refractivity contribution in [3.63, 3.8) is 0 Å². The molecule has 1 aromatic heterocycles. The fraction of sp³-hybridized carbons (Fsp3) is 0.600. The fourth-order valence-corrected chi connectivity index (χ4v) is 2.90. The van der Waals surface area contributed by atoms with Crippen LogP contribution in [0.4, 0.5) is 0 Å². The molecule has 2 N–H and O–H groups in total. The normalized spacial score (nSPS) is 19.8. The summed E-state index contributed by atoms with van der Waals surface area (Å²) < 4.78 is 0.495. The maximum absolute atomic E-state index is 12.0. The average Bonchev–Trinajstić information content (AvgIpc) is 2.45. The first-order valence-electron chi connectivity index (χ1n) is 7.38. The van der Waals surface area contributed by atoms with E-state index in [2.05, 4.69) is 22.1 Å². The summed E-state index contributed by atoms with van der Waals surface area (Å²) in [6.45, 7) is 5.24. The van der Waals surface area contributed by atoms with E-state index in [1.165, 1.54) is 25.8 Å². The first-order valence-corrected chi connectivity index (χ1v) is 7.79. The summed E-state index contributed by atoms with van der Waals surface area (Å²) in [5.41, 5.74) is 0.550. The van der Waals surface area contributed by atoms with Crippen LogP contribution < -0.4 is 5.32 Å². The summed E-state index contributed by atoms with van der Waals surface area (Å²) in [4.78, 5) is 17.4. The van der Waals surface area contributed by atoms with Crippen LogP contribution in [-0.4, -0.2) is 41.5 Å². The highest BCUT2D eigenvalue weighted by Crippen LogP contribution is 2.16. The highest BCUT2D eigenvalue weighted by Gasteiger charge is 2.17. The summed E-state index contributed by atoms with van der Waals surface area (Å²) >= 11 is 5.10. The molecule has 1 amide bonds. The van der Waals surface area contributed by atoms with E-state index in [0.717, 1.165) is 13.0 Å². The van der Waals surface area contributed by atoms with Gasteiger partial charge >= 0.3 is 0 Å². The number of pyridine rings is 1. The Morgan fingerprint density at radius 1 is 1.55 bits per heavy atom. The van der Waals surface area contributed by atoms with E-state index in [1.54, 1.807) is 18.3 Å². The predicted molar refractivity (Wildman–Crippen MR) is 83.5 cm³/mol. The van der Waals surface area contributed by atoms with Crippen molar-refractivity contribution in [2.45, 2.75) is 38.6 Å². The number of carbonyl (C=O) groups is 1. The number of H-pyrrole nitrogens is 1. The van der Waals surface area contributed by atoms with Gasteiger partial charge in [-0.25, -0.2) is 0 Å². The lowest BCUT2D eigenvalue weighted by molar-refractivity contribution is 0.0948. The molecule has 1 aliphatic heterocycles. The van der Waals surface area contributed by atoms with Crippen LogP contribution in [0.15, 0.2) is 18.3 Å². The Balaban J connectivity index is 1.72. The summed E-state index contributed by atoms with van der Waals surface area (Å²) in [6.07, 6.45) is 6.66. The van der Waals surface area contributed by atoms with Crippen LogP contribution in [0.25, 0.3) is 0 Å². The molecule has 0 bridgehead atoms. The SMILES string of the molecule is CC1CCCCN1CCCNC(=O)c1ccc[nH]c1=S. The molecular formula is C15H23N3OS. The number of carbonyl (C=O) groups excluding carboxylic acids is 1. The lowest BCUT2D eigenvalue weighted by atomic mass is 10.0. The topological polar surface area (TPSA) is 48.1 Å². The Morgan fingerprint density at radius 3 is 3.15 bits per heavy atom. The third kappa shape index (κ3) is 4.15. The number of aromatic nitrogens is 1. The van der Waals surface area contributed by atoms with Crippen LogP contribution in [0, 0.1) is 4.64 Å². The van der Waals surface area contributed by atoms with Crippen molar-refractivity contribution in [3.05, 3.63) is 28.5 Å². The van der Waals surface area contributed by atoms with Crippen molar-refractivity contribution < 1.29 is 4.79 Å². The van der Waals surface area contributed by atoms with Crippen LogP contribution in [0.1, 0.15) is 43.0 Å². The van der Waals surface area contributed by atoms with Gasteiger partial charge in [0.25, 0.3) is 5.91 Å². The minimum Gasteiger partial charge on any atom is -0.352 e. The Hall–Kier alpha value is -1.20. The van der Waals surface area contributed by atoms with Crippen LogP contribution in [0.3, 0.4) is 0 Å². The van der Waals surface area contributed by atoms with E-state index in [1.807, 2.05) is 0 Å². The summed E-state index contributed by atoms with van der Waals surface area (Å²) in [7, 11) is 0. The lowest BCUT2D eigenvalue weighted by Gasteiger charge is -2.33. The molecule has 20 heavy (non-hydrogen) atoms. The van der Waals surface area contributed by atoms with Crippen LogP contribution in [0.5, 0.6) is 0 Å². The minimum absolute atomic E-state index is 0.0847. The Bertz CT molecular complexity index is 500. The summed E-state index contributed by atoms with van der Waals surface area (Å²) in [5.74, 6) is -0.0847. The molecule has 1 fully saturated rings. The fourth-order valence-electron chi connectivity index (χ4n) is 2.67. The minimum atomic E-state index is -0.0847. The smallest absolute Gasteiger partial charge is 0.254 e. The van der Waals surface area contributed by atoms with Gasteiger partial charge in [0.2, 0.25) is 0 Å². The van der Waals surface area contributed by atoms with Crippen molar-refractivity contribution in [2.24, 2.45) is 0 Å². The molecular weight excluding hydrogens is 270 g/mol. The Morgan fingerprint density at radius 2 is 2.40 bits per heavy atom. The monoisotopic (exact) mass is 293 g/mol. The summed E-state index contributed by atoms with van der Waals surface area (Å²) in [6, 6.07) is 4.23. The highest BCUT2D eigenvalue weighted by atomic mass is 32.1. The van der Waals surface area contributed by atoms with Gasteiger partial charge in [0.15, 0.2) is 0 Å². The second-order valence-corrected chi connectivity index (χ2v) is 5.81. The van der Waals surface area contributed by atoms with Crippen LogP contribution >= 0.6 is 12.2 Å². The van der Waals surface area contributed by atoms with E-state index in [9.17, 15) is 4.79 Å². The molecule has 0 aromatic carbocycles. The number of likely N-dealkylation sites (tertiary alicyclic amines) is 1. The van der Waals surface area contributed by atoms with E-state index < -0.39 is 0 Å². The van der Waals surface area contributed by atoms with Crippen LogP contribution in [-0.2, 0) is 0 Å². The summed E-state index contributed by atoms with van der Waals surface area (Å²) in [5, 5.41) is 2.94. The number of aromatic amines is 1. The second-order valence-electron chi connectivity index (χ2n) is 5.40. The van der Waals surface area contributed by atoms with Crippen LogP contribution in [0.2, 0.25) is 0 Å². The Labute approximate surface area is 125 Å². The molecule has 1 saturated heterocycles. The Kier molecular flexibility index (Phi) is 5.73.